The van der Waals surface area contributed by atoms with Gasteiger partial charge >= 0.3 is 5.97 Å². The van der Waals surface area contributed by atoms with Gasteiger partial charge in [0.1, 0.15) is 5.75 Å². The highest BCUT2D eigenvalue weighted by Gasteiger charge is 2.18. The van der Waals surface area contributed by atoms with Gasteiger partial charge in [-0.25, -0.2) is 0 Å². The van der Waals surface area contributed by atoms with Crippen molar-refractivity contribution in [2.24, 2.45) is 0 Å². The Morgan fingerprint density at radius 3 is 2.45 bits per heavy atom. The van der Waals surface area contributed by atoms with E-state index in [0.717, 1.165) is 22.6 Å². The van der Waals surface area contributed by atoms with E-state index in [0.29, 0.717) is 0 Å². The standard InChI is InChI=1S/C18H21NO3/c1-13-8-7-11-16(21-2)18(13)19-15(12-17(20)22-3)14-9-5-4-6-10-14/h4-11,15,19H,12H2,1-3H3. The van der Waals surface area contributed by atoms with E-state index >= 15 is 0 Å². The Bertz CT molecular complexity index is 625. The molecule has 2 rings (SSSR count). The van der Waals surface area contributed by atoms with Crippen LogP contribution in [0.15, 0.2) is 48.5 Å². The van der Waals surface area contributed by atoms with Crippen molar-refractivity contribution in [1.82, 2.24) is 0 Å². The van der Waals surface area contributed by atoms with Gasteiger partial charge in [0.15, 0.2) is 0 Å². The number of hydrogen-bond acceptors (Lipinski definition) is 4. The highest BCUT2D eigenvalue weighted by molar-refractivity contribution is 5.72. The van der Waals surface area contributed by atoms with E-state index in [9.17, 15) is 4.79 Å². The SMILES string of the molecule is COC(=O)CC(Nc1c(C)cccc1OC)c1ccccc1. The van der Waals surface area contributed by atoms with Crippen LogP contribution in [0.2, 0.25) is 0 Å². The highest BCUT2D eigenvalue weighted by atomic mass is 16.5. The number of esters is 1. The molecule has 0 aliphatic heterocycles. The van der Waals surface area contributed by atoms with E-state index in [1.807, 2.05) is 55.5 Å². The fraction of sp³-hybridized carbons (Fsp3) is 0.278. The number of rotatable bonds is 6. The van der Waals surface area contributed by atoms with Crippen molar-refractivity contribution in [2.45, 2.75) is 19.4 Å². The van der Waals surface area contributed by atoms with Gasteiger partial charge in [0, 0.05) is 0 Å². The summed E-state index contributed by atoms with van der Waals surface area (Å²) in [5.41, 5.74) is 2.98. The fourth-order valence-electron chi connectivity index (χ4n) is 2.36. The van der Waals surface area contributed by atoms with Crippen molar-refractivity contribution < 1.29 is 14.3 Å². The average Bonchev–Trinajstić information content (AvgIpc) is 2.56. The summed E-state index contributed by atoms with van der Waals surface area (Å²) >= 11 is 0. The smallest absolute Gasteiger partial charge is 0.307 e. The Labute approximate surface area is 131 Å². The van der Waals surface area contributed by atoms with Crippen molar-refractivity contribution in [1.29, 1.82) is 0 Å². The summed E-state index contributed by atoms with van der Waals surface area (Å²) in [6.07, 6.45) is 0.248. The van der Waals surface area contributed by atoms with Gasteiger partial charge in [0.2, 0.25) is 0 Å². The molecular formula is C18H21NO3. The van der Waals surface area contributed by atoms with Crippen LogP contribution in [0.4, 0.5) is 5.69 Å². The maximum absolute atomic E-state index is 11.7. The Morgan fingerprint density at radius 1 is 1.09 bits per heavy atom. The molecule has 2 aromatic rings. The van der Waals surface area contributed by atoms with Crippen LogP contribution >= 0.6 is 0 Å². The number of carbonyl (C=O) groups excluding carboxylic acids is 1. The van der Waals surface area contributed by atoms with E-state index in [1.165, 1.54) is 7.11 Å². The van der Waals surface area contributed by atoms with Crippen molar-refractivity contribution in [3.8, 4) is 5.75 Å². The largest absolute Gasteiger partial charge is 0.495 e. The first-order chi connectivity index (χ1) is 10.7. The summed E-state index contributed by atoms with van der Waals surface area (Å²) < 4.78 is 10.2. The molecule has 1 unspecified atom stereocenters. The van der Waals surface area contributed by atoms with Crippen LogP contribution in [-0.2, 0) is 9.53 Å². The molecule has 0 heterocycles. The molecule has 0 aliphatic carbocycles. The van der Waals surface area contributed by atoms with Gasteiger partial charge in [-0.05, 0) is 24.1 Å². The molecule has 0 spiro atoms. The first-order valence-corrected chi connectivity index (χ1v) is 7.17. The van der Waals surface area contributed by atoms with E-state index in [4.69, 9.17) is 9.47 Å². The molecule has 0 bridgehead atoms. The molecule has 4 nitrogen and oxygen atoms in total. The molecular weight excluding hydrogens is 278 g/mol. The molecule has 2 aromatic carbocycles. The van der Waals surface area contributed by atoms with Gasteiger partial charge in [0.25, 0.3) is 0 Å². The number of para-hydroxylation sites is 1. The number of nitrogens with one attached hydrogen (secondary N) is 1. The second kappa shape index (κ2) is 7.50. The Morgan fingerprint density at radius 2 is 1.82 bits per heavy atom. The van der Waals surface area contributed by atoms with Crippen LogP contribution in [0.5, 0.6) is 5.75 Å². The van der Waals surface area contributed by atoms with Gasteiger partial charge in [-0.2, -0.15) is 0 Å². The monoisotopic (exact) mass is 299 g/mol. The lowest BCUT2D eigenvalue weighted by molar-refractivity contribution is -0.140. The number of benzene rings is 2. The lowest BCUT2D eigenvalue weighted by Gasteiger charge is -2.22. The lowest BCUT2D eigenvalue weighted by atomic mass is 10.0. The van der Waals surface area contributed by atoms with E-state index in [2.05, 4.69) is 5.32 Å². The number of aryl methyl sites for hydroxylation is 1. The third-order valence-corrected chi connectivity index (χ3v) is 3.57. The minimum absolute atomic E-state index is 0.177. The van der Waals surface area contributed by atoms with Crippen LogP contribution < -0.4 is 10.1 Å². The summed E-state index contributed by atoms with van der Waals surface area (Å²) in [5.74, 6) is 0.500. The number of methoxy groups -OCH3 is 2. The van der Waals surface area contributed by atoms with Crippen molar-refractivity contribution in [2.75, 3.05) is 19.5 Å². The molecule has 4 heteroatoms. The van der Waals surface area contributed by atoms with Crippen molar-refractivity contribution in [3.63, 3.8) is 0 Å². The predicted octanol–water partition coefficient (Wildman–Crippen LogP) is 3.72. The van der Waals surface area contributed by atoms with Crippen molar-refractivity contribution in [3.05, 3.63) is 59.7 Å². The number of anilines is 1. The fourth-order valence-corrected chi connectivity index (χ4v) is 2.36. The van der Waals surface area contributed by atoms with Crippen LogP contribution in [0.25, 0.3) is 0 Å². The summed E-state index contributed by atoms with van der Waals surface area (Å²) in [6, 6.07) is 15.5. The van der Waals surface area contributed by atoms with Gasteiger partial charge in [-0.1, -0.05) is 42.5 Å². The maximum Gasteiger partial charge on any atom is 0.307 e. The molecule has 22 heavy (non-hydrogen) atoms. The minimum Gasteiger partial charge on any atom is -0.495 e. The zero-order valence-electron chi connectivity index (χ0n) is 13.1. The van der Waals surface area contributed by atoms with E-state index in [1.54, 1.807) is 7.11 Å². The Balaban J connectivity index is 2.33. The van der Waals surface area contributed by atoms with E-state index in [-0.39, 0.29) is 18.4 Å². The molecule has 0 fully saturated rings. The molecule has 1 N–H and O–H groups in total. The average molecular weight is 299 g/mol. The summed E-state index contributed by atoms with van der Waals surface area (Å²) in [4.78, 5) is 11.7. The topological polar surface area (TPSA) is 47.6 Å². The van der Waals surface area contributed by atoms with Gasteiger partial charge in [0.05, 0.1) is 32.4 Å². The zero-order chi connectivity index (χ0) is 15.9. The molecule has 0 amide bonds. The van der Waals surface area contributed by atoms with Gasteiger partial charge < -0.3 is 14.8 Å². The summed E-state index contributed by atoms with van der Waals surface area (Å²) in [6.45, 7) is 2.01. The quantitative estimate of drug-likeness (QED) is 0.826. The molecule has 0 saturated carbocycles. The normalized spacial score (nSPS) is 11.6. The van der Waals surface area contributed by atoms with Crippen LogP contribution in [0.1, 0.15) is 23.6 Å². The minimum atomic E-state index is -0.256. The Kier molecular flexibility index (Phi) is 5.42. The number of hydrogen-bond donors (Lipinski definition) is 1. The molecule has 0 aromatic heterocycles. The van der Waals surface area contributed by atoms with E-state index < -0.39 is 0 Å². The van der Waals surface area contributed by atoms with Crippen LogP contribution in [0, 0.1) is 6.92 Å². The summed E-state index contributed by atoms with van der Waals surface area (Å²) in [7, 11) is 3.04. The number of ether oxygens (including phenoxy) is 2. The molecule has 0 radical (unpaired) electrons. The zero-order valence-corrected chi connectivity index (χ0v) is 13.1. The third kappa shape index (κ3) is 3.79. The molecule has 0 aliphatic rings. The molecule has 1 atom stereocenters. The first-order valence-electron chi connectivity index (χ1n) is 7.17. The second-order valence-electron chi connectivity index (χ2n) is 5.04. The van der Waals surface area contributed by atoms with Crippen molar-refractivity contribution >= 4 is 11.7 Å². The Hall–Kier alpha value is -2.49. The lowest BCUT2D eigenvalue weighted by Crippen LogP contribution is -2.17. The van der Waals surface area contributed by atoms with Gasteiger partial charge in [-0.3, -0.25) is 4.79 Å². The van der Waals surface area contributed by atoms with Crippen LogP contribution in [0.3, 0.4) is 0 Å². The molecule has 116 valence electrons. The maximum atomic E-state index is 11.7. The molecule has 0 saturated heterocycles. The second-order valence-corrected chi connectivity index (χ2v) is 5.04. The summed E-state index contributed by atoms with van der Waals surface area (Å²) in [5, 5.41) is 3.42. The third-order valence-electron chi connectivity index (χ3n) is 3.57. The number of carbonyl (C=O) groups is 1. The van der Waals surface area contributed by atoms with Gasteiger partial charge in [-0.15, -0.1) is 0 Å². The highest BCUT2D eigenvalue weighted by Crippen LogP contribution is 2.32. The first kappa shape index (κ1) is 15.9. The van der Waals surface area contributed by atoms with Crippen LogP contribution in [-0.4, -0.2) is 20.2 Å². The predicted molar refractivity (Wildman–Crippen MR) is 87.2 cm³/mol.